The molecule has 0 unspecified atom stereocenters. The van der Waals surface area contributed by atoms with Gasteiger partial charge in [-0.25, -0.2) is 13.1 Å². The Hall–Kier alpha value is -0.950. The van der Waals surface area contributed by atoms with Crippen LogP contribution >= 0.6 is 0 Å². The maximum atomic E-state index is 11.4. The van der Waals surface area contributed by atoms with E-state index in [0.717, 1.165) is 38.0 Å². The molecule has 5 nitrogen and oxygen atoms in total. The molecule has 0 aromatic heterocycles. The number of likely N-dealkylation sites (tertiary alicyclic amines) is 1. The third-order valence-corrected chi connectivity index (χ3v) is 4.53. The number of nitrogens with one attached hydrogen (secondary N) is 1. The summed E-state index contributed by atoms with van der Waals surface area (Å²) in [4.78, 5) is 2.27. The number of piperidine rings is 1. The van der Waals surface area contributed by atoms with Crippen molar-refractivity contribution in [2.75, 3.05) is 33.0 Å². The van der Waals surface area contributed by atoms with Gasteiger partial charge in [-0.1, -0.05) is 30.3 Å². The summed E-state index contributed by atoms with van der Waals surface area (Å²) in [5, 5.41) is 0. The van der Waals surface area contributed by atoms with Crippen LogP contribution in [0.5, 0.6) is 0 Å². The first-order valence-electron chi connectivity index (χ1n) is 7.25. The van der Waals surface area contributed by atoms with Crippen molar-refractivity contribution in [2.45, 2.75) is 25.0 Å². The first kappa shape index (κ1) is 16.4. The Kier molecular flexibility index (Phi) is 5.75. The van der Waals surface area contributed by atoms with Crippen LogP contribution in [-0.4, -0.2) is 52.4 Å². The van der Waals surface area contributed by atoms with Crippen LogP contribution in [0.25, 0.3) is 0 Å². The van der Waals surface area contributed by atoms with Gasteiger partial charge in [0.15, 0.2) is 0 Å². The van der Waals surface area contributed by atoms with Gasteiger partial charge in [-0.2, -0.15) is 0 Å². The van der Waals surface area contributed by atoms with Crippen LogP contribution in [-0.2, 0) is 14.8 Å². The lowest BCUT2D eigenvalue weighted by Crippen LogP contribution is -2.48. The molecule has 1 saturated heterocycles. The Morgan fingerprint density at radius 1 is 1.38 bits per heavy atom. The largest absolute Gasteiger partial charge is 0.375 e. The van der Waals surface area contributed by atoms with Crippen molar-refractivity contribution < 1.29 is 13.2 Å². The number of methoxy groups -OCH3 is 1. The molecule has 0 saturated carbocycles. The predicted octanol–water partition coefficient (Wildman–Crippen LogP) is 1.39. The highest BCUT2D eigenvalue weighted by Gasteiger charge is 2.24. The Morgan fingerprint density at radius 3 is 2.71 bits per heavy atom. The van der Waals surface area contributed by atoms with Crippen molar-refractivity contribution in [3.8, 4) is 0 Å². The second-order valence-corrected chi connectivity index (χ2v) is 7.40. The summed E-state index contributed by atoms with van der Waals surface area (Å²) in [7, 11) is -1.43. The molecular weight excluding hydrogens is 288 g/mol. The van der Waals surface area contributed by atoms with Gasteiger partial charge in [-0.3, -0.25) is 4.90 Å². The minimum atomic E-state index is -3.14. The average molecular weight is 312 g/mol. The molecule has 118 valence electrons. The highest BCUT2D eigenvalue weighted by molar-refractivity contribution is 7.88. The molecule has 2 atom stereocenters. The van der Waals surface area contributed by atoms with Crippen LogP contribution < -0.4 is 4.72 Å². The van der Waals surface area contributed by atoms with Crippen molar-refractivity contribution in [3.05, 3.63) is 35.9 Å². The van der Waals surface area contributed by atoms with Gasteiger partial charge >= 0.3 is 0 Å². The second kappa shape index (κ2) is 7.35. The van der Waals surface area contributed by atoms with Crippen LogP contribution in [0.2, 0.25) is 0 Å². The number of hydrogen-bond donors (Lipinski definition) is 1. The minimum Gasteiger partial charge on any atom is -0.375 e. The van der Waals surface area contributed by atoms with E-state index in [-0.39, 0.29) is 12.1 Å². The van der Waals surface area contributed by atoms with Crippen molar-refractivity contribution in [3.63, 3.8) is 0 Å². The Morgan fingerprint density at radius 2 is 2.10 bits per heavy atom. The lowest BCUT2D eigenvalue weighted by molar-refractivity contribution is 0.0531. The van der Waals surface area contributed by atoms with Crippen LogP contribution in [0.3, 0.4) is 0 Å². The summed E-state index contributed by atoms with van der Waals surface area (Å²) in [6, 6.07) is 10.1. The topological polar surface area (TPSA) is 58.6 Å². The molecule has 6 heteroatoms. The predicted molar refractivity (Wildman–Crippen MR) is 83.6 cm³/mol. The number of hydrogen-bond acceptors (Lipinski definition) is 4. The first-order chi connectivity index (χ1) is 9.98. The summed E-state index contributed by atoms with van der Waals surface area (Å²) in [5.74, 6) is 0. The number of benzene rings is 1. The number of rotatable bonds is 6. The van der Waals surface area contributed by atoms with E-state index < -0.39 is 10.0 Å². The van der Waals surface area contributed by atoms with E-state index in [0.29, 0.717) is 0 Å². The van der Waals surface area contributed by atoms with Crippen molar-refractivity contribution in [2.24, 2.45) is 0 Å². The first-order valence-corrected chi connectivity index (χ1v) is 9.14. The summed E-state index contributed by atoms with van der Waals surface area (Å²) >= 11 is 0. The zero-order valence-electron chi connectivity index (χ0n) is 12.7. The zero-order valence-corrected chi connectivity index (χ0v) is 13.5. The normalized spacial score (nSPS) is 22.1. The third-order valence-electron chi connectivity index (χ3n) is 3.77. The molecule has 21 heavy (non-hydrogen) atoms. The molecule has 0 spiro atoms. The van der Waals surface area contributed by atoms with Gasteiger partial charge < -0.3 is 4.74 Å². The number of sulfonamides is 1. The summed E-state index contributed by atoms with van der Waals surface area (Å²) < 4.78 is 31.0. The van der Waals surface area contributed by atoms with Crippen molar-refractivity contribution in [1.29, 1.82) is 0 Å². The maximum absolute atomic E-state index is 11.4. The van der Waals surface area contributed by atoms with Gasteiger partial charge in [-0.05, 0) is 24.9 Å². The highest BCUT2D eigenvalue weighted by Crippen LogP contribution is 2.20. The fourth-order valence-electron chi connectivity index (χ4n) is 2.84. The highest BCUT2D eigenvalue weighted by atomic mass is 32.2. The second-order valence-electron chi connectivity index (χ2n) is 5.62. The molecular formula is C15H24N2O3S. The average Bonchev–Trinajstić information content (AvgIpc) is 2.44. The van der Waals surface area contributed by atoms with Crippen LogP contribution in [0.15, 0.2) is 30.3 Å². The van der Waals surface area contributed by atoms with E-state index in [2.05, 4.69) is 21.8 Å². The molecule has 1 aromatic rings. The SMILES string of the molecule is CO[C@H](CN1CCC[C@H](NS(C)(=O)=O)C1)c1ccccc1. The molecule has 0 aliphatic carbocycles. The fourth-order valence-corrected chi connectivity index (χ4v) is 3.64. The van der Waals surface area contributed by atoms with Gasteiger partial charge in [0.05, 0.1) is 12.4 Å². The van der Waals surface area contributed by atoms with Crippen molar-refractivity contribution in [1.82, 2.24) is 9.62 Å². The monoisotopic (exact) mass is 312 g/mol. The van der Waals surface area contributed by atoms with Crippen LogP contribution in [0.1, 0.15) is 24.5 Å². The van der Waals surface area contributed by atoms with E-state index in [1.54, 1.807) is 7.11 Å². The zero-order chi connectivity index (χ0) is 15.3. The van der Waals surface area contributed by atoms with Gasteiger partial charge in [0, 0.05) is 26.2 Å². The van der Waals surface area contributed by atoms with Gasteiger partial charge in [0.1, 0.15) is 0 Å². The minimum absolute atomic E-state index is 0.00188. The molecule has 1 fully saturated rings. The third kappa shape index (κ3) is 5.39. The lowest BCUT2D eigenvalue weighted by Gasteiger charge is -2.34. The Labute approximate surface area is 127 Å². The summed E-state index contributed by atoms with van der Waals surface area (Å²) in [6.07, 6.45) is 3.13. The molecule has 0 radical (unpaired) electrons. The van der Waals surface area contributed by atoms with Gasteiger partial charge in [-0.15, -0.1) is 0 Å². The van der Waals surface area contributed by atoms with Crippen LogP contribution in [0, 0.1) is 0 Å². The van der Waals surface area contributed by atoms with Crippen molar-refractivity contribution >= 4 is 10.0 Å². The Bertz CT molecular complexity index is 533. The number of ether oxygens (including phenoxy) is 1. The molecule has 1 aliphatic rings. The Balaban J connectivity index is 1.95. The van der Waals surface area contributed by atoms with Crippen LogP contribution in [0.4, 0.5) is 0 Å². The lowest BCUT2D eigenvalue weighted by atomic mass is 10.0. The smallest absolute Gasteiger partial charge is 0.208 e. The summed E-state index contributed by atoms with van der Waals surface area (Å²) in [6.45, 7) is 2.50. The number of nitrogens with zero attached hydrogens (tertiary/aromatic N) is 1. The molecule has 1 aromatic carbocycles. The molecule has 0 bridgehead atoms. The van der Waals surface area contributed by atoms with Gasteiger partial charge in [0.25, 0.3) is 0 Å². The van der Waals surface area contributed by atoms with E-state index in [1.807, 2.05) is 18.2 Å². The van der Waals surface area contributed by atoms with E-state index in [4.69, 9.17) is 4.74 Å². The molecule has 2 rings (SSSR count). The quantitative estimate of drug-likeness (QED) is 0.862. The van der Waals surface area contributed by atoms with Gasteiger partial charge in [0.2, 0.25) is 10.0 Å². The molecule has 1 N–H and O–H groups in total. The molecule has 1 aliphatic heterocycles. The van der Waals surface area contributed by atoms with E-state index in [9.17, 15) is 8.42 Å². The van der Waals surface area contributed by atoms with E-state index >= 15 is 0 Å². The summed E-state index contributed by atoms with van der Waals surface area (Å²) in [5.41, 5.74) is 1.15. The maximum Gasteiger partial charge on any atom is 0.208 e. The fraction of sp³-hybridized carbons (Fsp3) is 0.600. The molecule has 0 amide bonds. The standard InChI is InChI=1S/C15H24N2O3S/c1-20-15(13-7-4-3-5-8-13)12-17-10-6-9-14(11-17)16-21(2,18)19/h3-5,7-8,14-16H,6,9-12H2,1-2H3/t14-,15+/m0/s1. The molecule has 1 heterocycles. The van der Waals surface area contributed by atoms with E-state index in [1.165, 1.54) is 6.26 Å².